The second-order valence-corrected chi connectivity index (χ2v) is 5.62. The van der Waals surface area contributed by atoms with Crippen LogP contribution in [0, 0.1) is 5.92 Å². The number of thiophene rings is 1. The van der Waals surface area contributed by atoms with Gasteiger partial charge in [-0.25, -0.2) is 0 Å². The van der Waals surface area contributed by atoms with E-state index in [0.717, 1.165) is 5.75 Å². The summed E-state index contributed by atoms with van der Waals surface area (Å²) in [6.07, 6.45) is 4.86. The van der Waals surface area contributed by atoms with Crippen LogP contribution in [0.25, 0.3) is 0 Å². The first-order valence-electron chi connectivity index (χ1n) is 6.38. The summed E-state index contributed by atoms with van der Waals surface area (Å²) in [6.45, 7) is 0.513. The second-order valence-electron chi connectivity index (χ2n) is 4.71. The fourth-order valence-corrected chi connectivity index (χ4v) is 3.27. The van der Waals surface area contributed by atoms with Crippen LogP contribution in [0.1, 0.15) is 35.4 Å². The third-order valence-corrected chi connectivity index (χ3v) is 4.48. The van der Waals surface area contributed by atoms with Crippen LogP contribution >= 0.6 is 11.3 Å². The van der Waals surface area contributed by atoms with E-state index in [1.165, 1.54) is 37.0 Å². The van der Waals surface area contributed by atoms with E-state index in [9.17, 15) is 4.79 Å². The molecule has 5 heteroatoms. The number of amides is 1. The van der Waals surface area contributed by atoms with Crippen LogP contribution in [-0.2, 0) is 0 Å². The minimum Gasteiger partial charge on any atom is -0.496 e. The number of carbonyl (C=O) groups is 1. The highest BCUT2D eigenvalue weighted by atomic mass is 32.1. The molecule has 0 radical (unpaired) electrons. The molecule has 4 nitrogen and oxygen atoms in total. The van der Waals surface area contributed by atoms with Crippen LogP contribution < -0.4 is 15.8 Å². The first-order chi connectivity index (χ1) is 8.74. The number of hydrogen-bond donors (Lipinski definition) is 2. The first-order valence-corrected chi connectivity index (χ1v) is 7.26. The molecule has 1 aromatic heterocycles. The van der Waals surface area contributed by atoms with Gasteiger partial charge in [-0.2, -0.15) is 0 Å². The van der Waals surface area contributed by atoms with Crippen molar-refractivity contribution in [1.29, 1.82) is 0 Å². The zero-order valence-electron chi connectivity index (χ0n) is 10.6. The van der Waals surface area contributed by atoms with Crippen LogP contribution in [0.5, 0.6) is 5.75 Å². The maximum Gasteiger partial charge on any atom is 0.261 e. The third kappa shape index (κ3) is 3.03. The Kier molecular flexibility index (Phi) is 4.60. The van der Waals surface area contributed by atoms with Crippen molar-refractivity contribution in [3.05, 3.63) is 16.3 Å². The Hall–Kier alpha value is -1.07. The van der Waals surface area contributed by atoms with Crippen LogP contribution in [0.2, 0.25) is 0 Å². The van der Waals surface area contributed by atoms with Gasteiger partial charge >= 0.3 is 0 Å². The maximum absolute atomic E-state index is 12.1. The summed E-state index contributed by atoms with van der Waals surface area (Å²) in [4.78, 5) is 12.8. The number of hydrogen-bond acceptors (Lipinski definition) is 4. The number of nitrogens with one attached hydrogen (secondary N) is 1. The Morgan fingerprint density at radius 2 is 2.33 bits per heavy atom. The van der Waals surface area contributed by atoms with E-state index in [1.807, 2.05) is 5.38 Å². The van der Waals surface area contributed by atoms with Gasteiger partial charge in [0, 0.05) is 24.0 Å². The molecule has 0 spiro atoms. The van der Waals surface area contributed by atoms with Crippen molar-refractivity contribution >= 4 is 17.2 Å². The summed E-state index contributed by atoms with van der Waals surface area (Å²) in [5, 5.41) is 4.89. The van der Waals surface area contributed by atoms with Crippen molar-refractivity contribution in [3.63, 3.8) is 0 Å². The van der Waals surface area contributed by atoms with Gasteiger partial charge < -0.3 is 15.8 Å². The van der Waals surface area contributed by atoms with Crippen LogP contribution in [0.3, 0.4) is 0 Å². The molecule has 0 aromatic carbocycles. The van der Waals surface area contributed by atoms with Gasteiger partial charge in [-0.3, -0.25) is 4.79 Å². The number of ether oxygens (including phenoxy) is 1. The normalized spacial score (nSPS) is 17.7. The Labute approximate surface area is 112 Å². The molecule has 2 rings (SSSR count). The minimum absolute atomic E-state index is 0.0364. The standard InChI is InChI=1S/C13H20N2O2S/c1-17-10-6-12(18-8-10)13(16)15-11(7-14)9-4-2-3-5-9/h6,8-9,11H,2-5,7,14H2,1H3,(H,15,16). The summed E-state index contributed by atoms with van der Waals surface area (Å²) in [5.74, 6) is 1.24. The number of carbonyl (C=O) groups excluding carboxylic acids is 1. The quantitative estimate of drug-likeness (QED) is 0.858. The molecule has 1 heterocycles. The van der Waals surface area contributed by atoms with Crippen LogP contribution in [0.4, 0.5) is 0 Å². The van der Waals surface area contributed by atoms with Gasteiger partial charge in [-0.15, -0.1) is 11.3 Å². The highest BCUT2D eigenvalue weighted by molar-refractivity contribution is 7.12. The van der Waals surface area contributed by atoms with Crippen molar-refractivity contribution in [2.45, 2.75) is 31.7 Å². The van der Waals surface area contributed by atoms with Gasteiger partial charge in [0.2, 0.25) is 0 Å². The summed E-state index contributed by atoms with van der Waals surface area (Å²) in [5.41, 5.74) is 5.77. The SMILES string of the molecule is COc1csc(C(=O)NC(CN)C2CCCC2)c1. The predicted molar refractivity (Wildman–Crippen MR) is 73.1 cm³/mol. The summed E-state index contributed by atoms with van der Waals surface area (Å²) < 4.78 is 5.08. The number of rotatable bonds is 5. The molecule has 18 heavy (non-hydrogen) atoms. The Balaban J connectivity index is 1.96. The number of nitrogens with two attached hydrogens (primary N) is 1. The van der Waals surface area contributed by atoms with Crippen LogP contribution in [-0.4, -0.2) is 25.6 Å². The van der Waals surface area contributed by atoms with Gasteiger partial charge in [0.25, 0.3) is 5.91 Å². The monoisotopic (exact) mass is 268 g/mol. The molecule has 1 aromatic rings. The highest BCUT2D eigenvalue weighted by Gasteiger charge is 2.25. The molecular weight excluding hydrogens is 248 g/mol. The zero-order chi connectivity index (χ0) is 13.0. The van der Waals surface area contributed by atoms with Crippen LogP contribution in [0.15, 0.2) is 11.4 Å². The molecule has 1 saturated carbocycles. The van der Waals surface area contributed by atoms with Gasteiger partial charge in [0.05, 0.1) is 12.0 Å². The molecule has 1 amide bonds. The van der Waals surface area contributed by atoms with Crippen molar-refractivity contribution in [1.82, 2.24) is 5.32 Å². The summed E-state index contributed by atoms with van der Waals surface area (Å²) in [7, 11) is 1.60. The average Bonchev–Trinajstić information content (AvgIpc) is 3.05. The lowest BCUT2D eigenvalue weighted by Crippen LogP contribution is -2.44. The largest absolute Gasteiger partial charge is 0.496 e. The van der Waals surface area contributed by atoms with Crippen molar-refractivity contribution in [2.24, 2.45) is 11.7 Å². The van der Waals surface area contributed by atoms with E-state index < -0.39 is 0 Å². The Bertz CT molecular complexity index is 399. The Morgan fingerprint density at radius 3 is 2.89 bits per heavy atom. The summed E-state index contributed by atoms with van der Waals surface area (Å²) >= 11 is 1.40. The average molecular weight is 268 g/mol. The molecule has 1 aliphatic carbocycles. The van der Waals surface area contributed by atoms with E-state index in [2.05, 4.69) is 5.32 Å². The van der Waals surface area contributed by atoms with E-state index >= 15 is 0 Å². The fourth-order valence-electron chi connectivity index (χ4n) is 2.51. The predicted octanol–water partition coefficient (Wildman–Crippen LogP) is 2.00. The van der Waals surface area contributed by atoms with E-state index in [0.29, 0.717) is 17.3 Å². The second kappa shape index (κ2) is 6.20. The molecule has 0 bridgehead atoms. The molecule has 1 aliphatic rings. The highest BCUT2D eigenvalue weighted by Crippen LogP contribution is 2.28. The first kappa shape index (κ1) is 13.4. The van der Waals surface area contributed by atoms with Crippen molar-refractivity contribution < 1.29 is 9.53 Å². The number of methoxy groups -OCH3 is 1. The molecule has 0 aliphatic heterocycles. The smallest absolute Gasteiger partial charge is 0.261 e. The van der Waals surface area contributed by atoms with Gasteiger partial charge in [-0.05, 0) is 18.8 Å². The molecule has 3 N–H and O–H groups in total. The Morgan fingerprint density at radius 1 is 1.61 bits per heavy atom. The summed E-state index contributed by atoms with van der Waals surface area (Å²) in [6, 6.07) is 1.87. The van der Waals surface area contributed by atoms with E-state index in [-0.39, 0.29) is 11.9 Å². The molecule has 1 unspecified atom stereocenters. The molecule has 100 valence electrons. The lowest BCUT2D eigenvalue weighted by atomic mass is 9.98. The minimum atomic E-state index is -0.0364. The molecule has 0 saturated heterocycles. The maximum atomic E-state index is 12.1. The van der Waals surface area contributed by atoms with E-state index in [1.54, 1.807) is 13.2 Å². The van der Waals surface area contributed by atoms with E-state index in [4.69, 9.17) is 10.5 Å². The van der Waals surface area contributed by atoms with Gasteiger partial charge in [0.15, 0.2) is 0 Å². The van der Waals surface area contributed by atoms with Crippen molar-refractivity contribution in [2.75, 3.05) is 13.7 Å². The van der Waals surface area contributed by atoms with Gasteiger partial charge in [0.1, 0.15) is 5.75 Å². The molecule has 1 atom stereocenters. The molecular formula is C13H20N2O2S. The van der Waals surface area contributed by atoms with Crippen molar-refractivity contribution in [3.8, 4) is 5.75 Å². The molecule has 1 fully saturated rings. The lowest BCUT2D eigenvalue weighted by Gasteiger charge is -2.22. The lowest BCUT2D eigenvalue weighted by molar-refractivity contribution is 0.0928. The van der Waals surface area contributed by atoms with Gasteiger partial charge in [-0.1, -0.05) is 12.8 Å². The fraction of sp³-hybridized carbons (Fsp3) is 0.615. The topological polar surface area (TPSA) is 64.3 Å². The zero-order valence-corrected chi connectivity index (χ0v) is 11.5. The third-order valence-electron chi connectivity index (χ3n) is 3.57.